The Hall–Kier alpha value is -1.83. The highest BCUT2D eigenvalue weighted by Crippen LogP contribution is 2.13. The highest BCUT2D eigenvalue weighted by Gasteiger charge is 2.16. The van der Waals surface area contributed by atoms with E-state index in [0.29, 0.717) is 5.82 Å². The molecule has 2 N–H and O–H groups in total. The van der Waals surface area contributed by atoms with Crippen LogP contribution >= 0.6 is 0 Å². The number of hydrogen-bond acceptors (Lipinski definition) is 5. The van der Waals surface area contributed by atoms with Crippen molar-refractivity contribution in [1.82, 2.24) is 9.97 Å². The van der Waals surface area contributed by atoms with E-state index in [9.17, 15) is 0 Å². The average molecular weight is 191 g/mol. The molecule has 0 aromatic carbocycles. The number of nitriles is 1. The van der Waals surface area contributed by atoms with Crippen molar-refractivity contribution < 1.29 is 0 Å². The van der Waals surface area contributed by atoms with Gasteiger partial charge in [0.25, 0.3) is 0 Å². The van der Waals surface area contributed by atoms with Crippen LogP contribution in [0.3, 0.4) is 0 Å². The Morgan fingerprint density at radius 3 is 2.57 bits per heavy atom. The van der Waals surface area contributed by atoms with Crippen molar-refractivity contribution in [2.24, 2.45) is 0 Å². The Morgan fingerprint density at radius 1 is 1.36 bits per heavy atom. The summed E-state index contributed by atoms with van der Waals surface area (Å²) in [5.41, 5.74) is -0.626. The number of nitrogens with zero attached hydrogens (tertiary/aromatic N) is 3. The molecular formula is C9H13N5. The lowest BCUT2D eigenvalue weighted by Gasteiger charge is -2.18. The molecule has 1 heterocycles. The molecule has 1 rings (SSSR count). The van der Waals surface area contributed by atoms with E-state index in [1.165, 1.54) is 6.33 Å². The van der Waals surface area contributed by atoms with E-state index in [-0.39, 0.29) is 0 Å². The SMILES string of the molecule is CNc1cc(NC(C)(C)C#N)ncn1. The molecule has 1 aromatic rings. The number of anilines is 2. The smallest absolute Gasteiger partial charge is 0.132 e. The monoisotopic (exact) mass is 191 g/mol. The first kappa shape index (κ1) is 10.3. The fourth-order valence-corrected chi connectivity index (χ4v) is 0.911. The molecule has 0 atom stereocenters. The summed E-state index contributed by atoms with van der Waals surface area (Å²) in [6.45, 7) is 3.57. The van der Waals surface area contributed by atoms with Gasteiger partial charge in [-0.15, -0.1) is 0 Å². The second kappa shape index (κ2) is 3.92. The van der Waals surface area contributed by atoms with Gasteiger partial charge in [-0.2, -0.15) is 5.26 Å². The van der Waals surface area contributed by atoms with E-state index in [1.54, 1.807) is 27.0 Å². The van der Waals surface area contributed by atoms with E-state index in [1.807, 2.05) is 0 Å². The number of aromatic nitrogens is 2. The molecule has 0 spiro atoms. The largest absolute Gasteiger partial charge is 0.373 e. The third-order valence-corrected chi connectivity index (χ3v) is 1.64. The Kier molecular flexibility index (Phi) is 2.87. The van der Waals surface area contributed by atoms with Crippen LogP contribution in [0.15, 0.2) is 12.4 Å². The van der Waals surface area contributed by atoms with Crippen LogP contribution in [0.5, 0.6) is 0 Å². The Bertz CT molecular complexity index is 352. The van der Waals surface area contributed by atoms with E-state index in [0.717, 1.165) is 5.82 Å². The molecule has 0 unspecified atom stereocenters. The topological polar surface area (TPSA) is 73.6 Å². The van der Waals surface area contributed by atoms with Crippen LogP contribution in [-0.2, 0) is 0 Å². The van der Waals surface area contributed by atoms with Crippen molar-refractivity contribution in [3.8, 4) is 6.07 Å². The molecule has 0 fully saturated rings. The molecule has 1 aromatic heterocycles. The first-order valence-electron chi connectivity index (χ1n) is 4.26. The van der Waals surface area contributed by atoms with Gasteiger partial charge in [0.1, 0.15) is 23.5 Å². The van der Waals surface area contributed by atoms with Crippen molar-refractivity contribution in [2.45, 2.75) is 19.4 Å². The van der Waals surface area contributed by atoms with E-state index < -0.39 is 5.54 Å². The summed E-state index contributed by atoms with van der Waals surface area (Å²) < 4.78 is 0. The molecule has 0 saturated heterocycles. The third-order valence-electron chi connectivity index (χ3n) is 1.64. The molecule has 0 saturated carbocycles. The first-order chi connectivity index (χ1) is 6.57. The lowest BCUT2D eigenvalue weighted by Crippen LogP contribution is -2.28. The predicted molar refractivity (Wildman–Crippen MR) is 54.9 cm³/mol. The molecule has 0 radical (unpaired) electrons. The molecule has 74 valence electrons. The minimum absolute atomic E-state index is 0.626. The van der Waals surface area contributed by atoms with Crippen LogP contribution in [0.4, 0.5) is 11.6 Å². The van der Waals surface area contributed by atoms with Crippen molar-refractivity contribution in [1.29, 1.82) is 5.26 Å². The van der Waals surface area contributed by atoms with Crippen LogP contribution in [0.1, 0.15) is 13.8 Å². The molecular weight excluding hydrogens is 178 g/mol. The molecule has 0 amide bonds. The summed E-state index contributed by atoms with van der Waals surface area (Å²) in [6.07, 6.45) is 1.45. The van der Waals surface area contributed by atoms with Crippen LogP contribution in [0.25, 0.3) is 0 Å². The van der Waals surface area contributed by atoms with E-state index in [2.05, 4.69) is 26.7 Å². The van der Waals surface area contributed by atoms with Crippen LogP contribution in [0.2, 0.25) is 0 Å². The highest BCUT2D eigenvalue weighted by atomic mass is 15.1. The van der Waals surface area contributed by atoms with E-state index in [4.69, 9.17) is 5.26 Å². The maximum atomic E-state index is 8.81. The fraction of sp³-hybridized carbons (Fsp3) is 0.444. The van der Waals surface area contributed by atoms with Gasteiger partial charge in [0, 0.05) is 13.1 Å². The molecule has 14 heavy (non-hydrogen) atoms. The third kappa shape index (κ3) is 2.59. The minimum Gasteiger partial charge on any atom is -0.373 e. The zero-order valence-corrected chi connectivity index (χ0v) is 8.50. The van der Waals surface area contributed by atoms with Gasteiger partial charge in [-0.25, -0.2) is 9.97 Å². The van der Waals surface area contributed by atoms with Crippen LogP contribution in [-0.4, -0.2) is 22.6 Å². The Morgan fingerprint density at radius 2 is 2.00 bits per heavy atom. The van der Waals surface area contributed by atoms with Gasteiger partial charge in [-0.05, 0) is 13.8 Å². The molecule has 5 nitrogen and oxygen atoms in total. The Balaban J connectivity index is 2.83. The summed E-state index contributed by atoms with van der Waals surface area (Å²) in [5, 5.41) is 14.7. The highest BCUT2D eigenvalue weighted by molar-refractivity contribution is 5.48. The number of rotatable bonds is 3. The lowest BCUT2D eigenvalue weighted by molar-refractivity contribution is 0.723. The Labute approximate surface area is 83.2 Å². The molecule has 0 bridgehead atoms. The molecule has 0 aliphatic rings. The predicted octanol–water partition coefficient (Wildman–Crippen LogP) is 1.23. The fourth-order valence-electron chi connectivity index (χ4n) is 0.911. The van der Waals surface area contributed by atoms with Crippen LogP contribution < -0.4 is 10.6 Å². The van der Waals surface area contributed by atoms with Crippen molar-refractivity contribution >= 4 is 11.6 Å². The molecule has 0 aliphatic heterocycles. The maximum absolute atomic E-state index is 8.81. The summed E-state index contributed by atoms with van der Waals surface area (Å²) in [4.78, 5) is 7.98. The summed E-state index contributed by atoms with van der Waals surface area (Å²) in [7, 11) is 1.78. The zero-order chi connectivity index (χ0) is 10.6. The number of hydrogen-bond donors (Lipinski definition) is 2. The maximum Gasteiger partial charge on any atom is 0.132 e. The van der Waals surface area contributed by atoms with Gasteiger partial charge in [0.2, 0.25) is 0 Å². The normalized spacial score (nSPS) is 10.4. The summed E-state index contributed by atoms with van der Waals surface area (Å²) in [5.74, 6) is 1.35. The summed E-state index contributed by atoms with van der Waals surface area (Å²) >= 11 is 0. The van der Waals surface area contributed by atoms with Gasteiger partial charge in [0.15, 0.2) is 0 Å². The van der Waals surface area contributed by atoms with E-state index >= 15 is 0 Å². The van der Waals surface area contributed by atoms with Crippen molar-refractivity contribution in [3.05, 3.63) is 12.4 Å². The van der Waals surface area contributed by atoms with Gasteiger partial charge in [0.05, 0.1) is 6.07 Å². The average Bonchev–Trinajstić information content (AvgIpc) is 2.17. The number of nitrogens with one attached hydrogen (secondary N) is 2. The van der Waals surface area contributed by atoms with Gasteiger partial charge < -0.3 is 10.6 Å². The lowest BCUT2D eigenvalue weighted by atomic mass is 10.1. The quantitative estimate of drug-likeness (QED) is 0.751. The van der Waals surface area contributed by atoms with Crippen molar-refractivity contribution in [3.63, 3.8) is 0 Å². The summed E-state index contributed by atoms with van der Waals surface area (Å²) in [6, 6.07) is 3.88. The minimum atomic E-state index is -0.626. The van der Waals surface area contributed by atoms with Gasteiger partial charge >= 0.3 is 0 Å². The van der Waals surface area contributed by atoms with Crippen LogP contribution in [0, 0.1) is 11.3 Å². The second-order valence-electron chi connectivity index (χ2n) is 3.40. The molecule has 5 heteroatoms. The van der Waals surface area contributed by atoms with Gasteiger partial charge in [-0.3, -0.25) is 0 Å². The molecule has 0 aliphatic carbocycles. The first-order valence-corrected chi connectivity index (χ1v) is 4.26. The van der Waals surface area contributed by atoms with Gasteiger partial charge in [-0.1, -0.05) is 0 Å². The van der Waals surface area contributed by atoms with Crippen molar-refractivity contribution in [2.75, 3.05) is 17.7 Å². The second-order valence-corrected chi connectivity index (χ2v) is 3.40. The zero-order valence-electron chi connectivity index (χ0n) is 8.50. The standard InChI is InChI=1S/C9H13N5/c1-9(2,5-10)14-8-4-7(11-3)12-6-13-8/h4,6H,1-3H3,(H2,11,12,13,14).